The first kappa shape index (κ1) is 25.7. The number of carbonyl (C=O) groups is 2. The van der Waals surface area contributed by atoms with Crippen LogP contribution in [0.3, 0.4) is 0 Å². The fourth-order valence-corrected chi connectivity index (χ4v) is 6.33. The van der Waals surface area contributed by atoms with Gasteiger partial charge in [0.2, 0.25) is 0 Å². The van der Waals surface area contributed by atoms with Crippen molar-refractivity contribution in [3.05, 3.63) is 80.4 Å². The van der Waals surface area contributed by atoms with Gasteiger partial charge in [-0.2, -0.15) is 0 Å². The molecule has 0 bridgehead atoms. The van der Waals surface area contributed by atoms with Crippen molar-refractivity contribution in [2.45, 2.75) is 38.0 Å². The van der Waals surface area contributed by atoms with Gasteiger partial charge in [-0.05, 0) is 72.7 Å². The minimum Gasteiger partial charge on any atom is -0.481 e. The van der Waals surface area contributed by atoms with Gasteiger partial charge in [0.1, 0.15) is 11.9 Å². The SMILES string of the molecule is O=C(O)CC1CCC(c2csc3c(-c4ccc(NC(=O)c5cc(Cl)ccc5[N+](=O)[O-])cc4)ncnc23)CC1. The number of nitrogens with one attached hydrogen (secondary N) is 1. The molecule has 194 valence electrons. The standard InChI is InChI=1S/C27H23ClN4O5S/c28-18-7-10-22(32(36)37)20(12-18)27(35)31-19-8-5-17(6-9-19)24-26-25(30-14-29-24)21(13-38-26)16-3-1-15(2-4-16)11-23(33)34/h5-10,12-16H,1-4,11H2,(H,31,35)(H,33,34). The van der Waals surface area contributed by atoms with Crippen molar-refractivity contribution in [3.63, 3.8) is 0 Å². The average Bonchev–Trinajstić information content (AvgIpc) is 3.33. The summed E-state index contributed by atoms with van der Waals surface area (Å²) in [5, 5.41) is 25.4. The molecule has 11 heteroatoms. The van der Waals surface area contributed by atoms with Crippen LogP contribution in [0, 0.1) is 16.0 Å². The molecule has 0 atom stereocenters. The van der Waals surface area contributed by atoms with E-state index in [0.717, 1.165) is 47.2 Å². The number of aliphatic carboxylic acids is 1. The third-order valence-corrected chi connectivity index (χ3v) is 8.18. The molecule has 0 spiro atoms. The molecule has 1 amide bonds. The number of carboxylic acids is 1. The van der Waals surface area contributed by atoms with Crippen LogP contribution in [-0.2, 0) is 4.79 Å². The summed E-state index contributed by atoms with van der Waals surface area (Å²) in [7, 11) is 0. The number of fused-ring (bicyclic) bond motifs is 1. The minimum absolute atomic E-state index is 0.118. The number of amides is 1. The lowest BCUT2D eigenvalue weighted by atomic mass is 9.78. The van der Waals surface area contributed by atoms with Crippen molar-refractivity contribution in [1.82, 2.24) is 9.97 Å². The molecule has 1 fully saturated rings. The Balaban J connectivity index is 1.34. The summed E-state index contributed by atoms with van der Waals surface area (Å²) >= 11 is 7.54. The molecule has 2 heterocycles. The van der Waals surface area contributed by atoms with Gasteiger partial charge in [-0.3, -0.25) is 19.7 Å². The van der Waals surface area contributed by atoms with E-state index in [2.05, 4.69) is 20.7 Å². The van der Waals surface area contributed by atoms with E-state index in [-0.39, 0.29) is 28.6 Å². The van der Waals surface area contributed by atoms with E-state index in [0.29, 0.717) is 11.6 Å². The monoisotopic (exact) mass is 550 g/mol. The van der Waals surface area contributed by atoms with Gasteiger partial charge in [0.15, 0.2) is 0 Å². The Morgan fingerprint density at radius 2 is 1.84 bits per heavy atom. The van der Waals surface area contributed by atoms with Crippen LogP contribution in [0.15, 0.2) is 54.2 Å². The van der Waals surface area contributed by atoms with Gasteiger partial charge in [0.25, 0.3) is 11.6 Å². The number of nitro benzene ring substituents is 1. The topological polar surface area (TPSA) is 135 Å². The first-order chi connectivity index (χ1) is 18.3. The highest BCUT2D eigenvalue weighted by atomic mass is 35.5. The number of hydrogen-bond acceptors (Lipinski definition) is 7. The number of rotatable bonds is 7. The van der Waals surface area contributed by atoms with Crippen LogP contribution in [-0.4, -0.2) is 31.9 Å². The zero-order valence-electron chi connectivity index (χ0n) is 20.1. The number of carboxylic acid groups (broad SMARTS) is 1. The van der Waals surface area contributed by atoms with Gasteiger partial charge in [-0.1, -0.05) is 23.7 Å². The third kappa shape index (κ3) is 5.36. The highest BCUT2D eigenvalue weighted by molar-refractivity contribution is 7.17. The number of nitro groups is 1. The van der Waals surface area contributed by atoms with Crippen molar-refractivity contribution in [2.75, 3.05) is 5.32 Å². The quantitative estimate of drug-likeness (QED) is 0.188. The second-order valence-electron chi connectivity index (χ2n) is 9.36. The molecule has 1 aliphatic rings. The fraction of sp³-hybridized carbons (Fsp3) is 0.259. The molecule has 4 aromatic rings. The normalized spacial score (nSPS) is 17.3. The summed E-state index contributed by atoms with van der Waals surface area (Å²) in [6.45, 7) is 0. The van der Waals surface area contributed by atoms with Crippen LogP contribution in [0.25, 0.3) is 21.5 Å². The molecular formula is C27H23ClN4O5S. The molecule has 2 aromatic heterocycles. The zero-order chi connectivity index (χ0) is 26.8. The second kappa shape index (κ2) is 10.8. The molecule has 0 unspecified atom stereocenters. The van der Waals surface area contributed by atoms with Crippen LogP contribution < -0.4 is 5.32 Å². The number of halogens is 1. The van der Waals surface area contributed by atoms with Crippen LogP contribution in [0.5, 0.6) is 0 Å². The van der Waals surface area contributed by atoms with Gasteiger partial charge in [0.05, 0.1) is 20.8 Å². The van der Waals surface area contributed by atoms with E-state index in [1.54, 1.807) is 29.8 Å². The van der Waals surface area contributed by atoms with Crippen molar-refractivity contribution in [1.29, 1.82) is 0 Å². The predicted octanol–water partition coefficient (Wildman–Crippen LogP) is 6.92. The van der Waals surface area contributed by atoms with Gasteiger partial charge in [-0.15, -0.1) is 11.3 Å². The van der Waals surface area contributed by atoms with Crippen molar-refractivity contribution < 1.29 is 19.6 Å². The second-order valence-corrected chi connectivity index (χ2v) is 10.7. The van der Waals surface area contributed by atoms with Gasteiger partial charge in [-0.25, -0.2) is 9.97 Å². The summed E-state index contributed by atoms with van der Waals surface area (Å²) in [6, 6.07) is 11.0. The maximum absolute atomic E-state index is 12.7. The Kier molecular flexibility index (Phi) is 7.35. The summed E-state index contributed by atoms with van der Waals surface area (Å²) in [5.74, 6) is -0.770. The summed E-state index contributed by atoms with van der Waals surface area (Å²) in [5.41, 5.74) is 3.78. The lowest BCUT2D eigenvalue weighted by molar-refractivity contribution is -0.385. The predicted molar refractivity (Wildman–Crippen MR) is 146 cm³/mol. The van der Waals surface area contributed by atoms with E-state index in [9.17, 15) is 19.7 Å². The number of benzene rings is 2. The molecule has 1 saturated carbocycles. The number of hydrogen-bond donors (Lipinski definition) is 2. The van der Waals surface area contributed by atoms with Gasteiger partial charge in [0, 0.05) is 28.8 Å². The molecule has 1 aliphatic carbocycles. The summed E-state index contributed by atoms with van der Waals surface area (Å²) in [4.78, 5) is 43.5. The Labute approximate surface area is 226 Å². The number of nitrogens with zero attached hydrogens (tertiary/aromatic N) is 3. The molecule has 0 radical (unpaired) electrons. The molecule has 2 aromatic carbocycles. The third-order valence-electron chi connectivity index (χ3n) is 6.95. The highest BCUT2D eigenvalue weighted by Crippen LogP contribution is 2.42. The maximum atomic E-state index is 12.7. The van der Waals surface area contributed by atoms with E-state index < -0.39 is 16.8 Å². The zero-order valence-corrected chi connectivity index (χ0v) is 21.7. The lowest BCUT2D eigenvalue weighted by Crippen LogP contribution is -2.16. The van der Waals surface area contributed by atoms with Crippen LogP contribution in [0.4, 0.5) is 11.4 Å². The lowest BCUT2D eigenvalue weighted by Gasteiger charge is -2.27. The molecule has 0 saturated heterocycles. The van der Waals surface area contributed by atoms with Crippen molar-refractivity contribution in [2.24, 2.45) is 5.92 Å². The number of thiophene rings is 1. The van der Waals surface area contributed by atoms with E-state index in [4.69, 9.17) is 16.7 Å². The number of aromatic nitrogens is 2. The molecule has 38 heavy (non-hydrogen) atoms. The van der Waals surface area contributed by atoms with Gasteiger partial charge >= 0.3 is 5.97 Å². The molecular weight excluding hydrogens is 528 g/mol. The van der Waals surface area contributed by atoms with Gasteiger partial charge < -0.3 is 10.4 Å². The number of carbonyl (C=O) groups excluding carboxylic acids is 1. The highest BCUT2D eigenvalue weighted by Gasteiger charge is 2.27. The first-order valence-electron chi connectivity index (χ1n) is 12.1. The Morgan fingerprint density at radius 1 is 1.11 bits per heavy atom. The smallest absolute Gasteiger partial charge is 0.303 e. The van der Waals surface area contributed by atoms with Crippen LogP contribution in [0.1, 0.15) is 53.9 Å². The Bertz CT molecular complexity index is 1530. The van der Waals surface area contributed by atoms with E-state index in [1.165, 1.54) is 23.8 Å². The summed E-state index contributed by atoms with van der Waals surface area (Å²) in [6.07, 6.45) is 5.48. The minimum atomic E-state index is -0.733. The largest absolute Gasteiger partial charge is 0.481 e. The fourth-order valence-electron chi connectivity index (χ4n) is 5.05. The van der Waals surface area contributed by atoms with E-state index in [1.807, 2.05) is 12.1 Å². The van der Waals surface area contributed by atoms with Crippen molar-refractivity contribution in [3.8, 4) is 11.3 Å². The number of anilines is 1. The molecule has 5 rings (SSSR count). The first-order valence-corrected chi connectivity index (χ1v) is 13.4. The van der Waals surface area contributed by atoms with E-state index >= 15 is 0 Å². The Morgan fingerprint density at radius 3 is 2.53 bits per heavy atom. The average molecular weight is 551 g/mol. The maximum Gasteiger partial charge on any atom is 0.303 e. The van der Waals surface area contributed by atoms with Crippen molar-refractivity contribution >= 4 is 56.4 Å². The Hall–Kier alpha value is -3.89. The molecule has 9 nitrogen and oxygen atoms in total. The molecule has 2 N–H and O–H groups in total. The van der Waals surface area contributed by atoms with Crippen LogP contribution in [0.2, 0.25) is 5.02 Å². The van der Waals surface area contributed by atoms with Crippen LogP contribution >= 0.6 is 22.9 Å². The molecule has 0 aliphatic heterocycles. The summed E-state index contributed by atoms with van der Waals surface area (Å²) < 4.78 is 0.974.